The number of aromatic nitrogens is 2. The maximum atomic E-state index is 5.68. The highest BCUT2D eigenvalue weighted by atomic mass is 16.5. The average Bonchev–Trinajstić information content (AvgIpc) is 2.25. The molecule has 5 heteroatoms. The smallest absolute Gasteiger partial charge is 0.152 e. The van der Waals surface area contributed by atoms with Crippen LogP contribution in [0.25, 0.3) is 0 Å². The number of nitrogens with two attached hydrogens (primary N) is 1. The number of hydrogen-bond donors (Lipinski definition) is 2. The van der Waals surface area contributed by atoms with E-state index in [9.17, 15) is 0 Å². The zero-order chi connectivity index (χ0) is 10.9. The number of rotatable bonds is 7. The summed E-state index contributed by atoms with van der Waals surface area (Å²) in [5, 5.41) is 3.17. The molecule has 1 heterocycles. The fourth-order valence-corrected chi connectivity index (χ4v) is 1.24. The molecule has 0 aliphatic rings. The van der Waals surface area contributed by atoms with Crippen molar-refractivity contribution < 1.29 is 4.74 Å². The minimum absolute atomic E-state index is 0.592. The lowest BCUT2D eigenvalue weighted by Crippen LogP contribution is -2.06. The summed E-state index contributed by atoms with van der Waals surface area (Å²) in [6.45, 7) is 1.71. The molecule has 0 aliphatic carbocycles. The van der Waals surface area contributed by atoms with Crippen LogP contribution in [-0.4, -0.2) is 30.2 Å². The van der Waals surface area contributed by atoms with Crippen LogP contribution >= 0.6 is 0 Å². The highest BCUT2D eigenvalue weighted by molar-refractivity contribution is 5.58. The van der Waals surface area contributed by atoms with E-state index in [-0.39, 0.29) is 0 Å². The molecule has 1 rings (SSSR count). The van der Waals surface area contributed by atoms with Crippen LogP contribution < -0.4 is 11.1 Å². The Balaban J connectivity index is 2.12. The van der Waals surface area contributed by atoms with E-state index in [1.807, 2.05) is 0 Å². The number of unbranched alkanes of at least 4 members (excludes halogenated alkanes) is 2. The zero-order valence-corrected chi connectivity index (χ0v) is 9.07. The minimum Gasteiger partial charge on any atom is -0.394 e. The molecule has 0 unspecified atom stereocenters. The third kappa shape index (κ3) is 4.60. The predicted octanol–water partition coefficient (Wildman–Crippen LogP) is 1.29. The van der Waals surface area contributed by atoms with E-state index in [0.717, 1.165) is 38.2 Å². The summed E-state index contributed by atoms with van der Waals surface area (Å²) in [5.41, 5.74) is 6.27. The van der Waals surface area contributed by atoms with Crippen molar-refractivity contribution in [3.63, 3.8) is 0 Å². The molecular weight excluding hydrogens is 192 g/mol. The Kier molecular flexibility index (Phi) is 5.47. The van der Waals surface area contributed by atoms with Crippen LogP contribution in [0, 0.1) is 0 Å². The van der Waals surface area contributed by atoms with Gasteiger partial charge in [-0.2, -0.15) is 0 Å². The van der Waals surface area contributed by atoms with Crippen molar-refractivity contribution in [1.82, 2.24) is 9.97 Å². The van der Waals surface area contributed by atoms with Gasteiger partial charge < -0.3 is 15.8 Å². The molecule has 0 radical (unpaired) electrons. The van der Waals surface area contributed by atoms with Gasteiger partial charge in [-0.25, -0.2) is 9.97 Å². The monoisotopic (exact) mass is 210 g/mol. The SMILES string of the molecule is COCCCCCNc1ncncc1N. The molecule has 0 aliphatic heterocycles. The molecule has 0 saturated carbocycles. The first-order chi connectivity index (χ1) is 7.34. The first-order valence-electron chi connectivity index (χ1n) is 5.13. The highest BCUT2D eigenvalue weighted by Gasteiger charge is 1.97. The molecule has 0 saturated heterocycles. The Labute approximate surface area is 90.1 Å². The Hall–Kier alpha value is -1.36. The number of nitrogens with one attached hydrogen (secondary N) is 1. The standard InChI is InChI=1S/C10H18N4O/c1-15-6-4-2-3-5-13-10-9(11)7-12-8-14-10/h7-8H,2-6,11H2,1H3,(H,12,13,14). The van der Waals surface area contributed by atoms with Gasteiger partial charge in [-0.05, 0) is 19.3 Å². The van der Waals surface area contributed by atoms with Crippen LogP contribution in [0.3, 0.4) is 0 Å². The summed E-state index contributed by atoms with van der Waals surface area (Å²) in [7, 11) is 1.72. The molecule has 0 amide bonds. The van der Waals surface area contributed by atoms with Crippen LogP contribution in [0.15, 0.2) is 12.5 Å². The fraction of sp³-hybridized carbons (Fsp3) is 0.600. The third-order valence-corrected chi connectivity index (χ3v) is 2.06. The van der Waals surface area contributed by atoms with Gasteiger partial charge in [0.1, 0.15) is 6.33 Å². The first kappa shape index (κ1) is 11.7. The molecule has 0 fully saturated rings. The summed E-state index contributed by atoms with van der Waals surface area (Å²) >= 11 is 0. The molecule has 0 atom stereocenters. The maximum Gasteiger partial charge on any atom is 0.152 e. The van der Waals surface area contributed by atoms with E-state index in [1.54, 1.807) is 13.3 Å². The Bertz CT molecular complexity index is 280. The first-order valence-corrected chi connectivity index (χ1v) is 5.13. The molecule has 5 nitrogen and oxygen atoms in total. The van der Waals surface area contributed by atoms with Gasteiger partial charge in [0.2, 0.25) is 0 Å². The average molecular weight is 210 g/mol. The Morgan fingerprint density at radius 1 is 1.40 bits per heavy atom. The van der Waals surface area contributed by atoms with Crippen molar-refractivity contribution in [2.45, 2.75) is 19.3 Å². The Morgan fingerprint density at radius 3 is 3.00 bits per heavy atom. The molecule has 0 bridgehead atoms. The van der Waals surface area contributed by atoms with Crippen molar-refractivity contribution in [3.05, 3.63) is 12.5 Å². The van der Waals surface area contributed by atoms with E-state index in [1.165, 1.54) is 6.33 Å². The van der Waals surface area contributed by atoms with Gasteiger partial charge in [0.15, 0.2) is 5.82 Å². The number of methoxy groups -OCH3 is 1. The Morgan fingerprint density at radius 2 is 2.27 bits per heavy atom. The van der Waals surface area contributed by atoms with Gasteiger partial charge in [-0.15, -0.1) is 0 Å². The lowest BCUT2D eigenvalue weighted by Gasteiger charge is -2.06. The van der Waals surface area contributed by atoms with Crippen LogP contribution in [0.2, 0.25) is 0 Å². The lowest BCUT2D eigenvalue weighted by atomic mass is 10.2. The summed E-state index contributed by atoms with van der Waals surface area (Å²) in [4.78, 5) is 7.86. The van der Waals surface area contributed by atoms with E-state index in [4.69, 9.17) is 10.5 Å². The number of nitrogens with zero attached hydrogens (tertiary/aromatic N) is 2. The van der Waals surface area contributed by atoms with Gasteiger partial charge in [0, 0.05) is 20.3 Å². The maximum absolute atomic E-state index is 5.68. The molecule has 0 spiro atoms. The fourth-order valence-electron chi connectivity index (χ4n) is 1.24. The molecule has 1 aromatic heterocycles. The normalized spacial score (nSPS) is 10.2. The third-order valence-electron chi connectivity index (χ3n) is 2.06. The van der Waals surface area contributed by atoms with Crippen molar-refractivity contribution in [3.8, 4) is 0 Å². The second-order valence-electron chi connectivity index (χ2n) is 3.31. The van der Waals surface area contributed by atoms with E-state index in [0.29, 0.717) is 5.69 Å². The second kappa shape index (κ2) is 7.00. The zero-order valence-electron chi connectivity index (χ0n) is 9.07. The van der Waals surface area contributed by atoms with Crippen LogP contribution in [0.1, 0.15) is 19.3 Å². The van der Waals surface area contributed by atoms with Crippen molar-refractivity contribution in [2.24, 2.45) is 0 Å². The van der Waals surface area contributed by atoms with Crippen molar-refractivity contribution in [1.29, 1.82) is 0 Å². The number of ether oxygens (including phenoxy) is 1. The van der Waals surface area contributed by atoms with Gasteiger partial charge >= 0.3 is 0 Å². The van der Waals surface area contributed by atoms with E-state index in [2.05, 4.69) is 15.3 Å². The summed E-state index contributed by atoms with van der Waals surface area (Å²) in [6, 6.07) is 0. The van der Waals surface area contributed by atoms with Crippen molar-refractivity contribution in [2.75, 3.05) is 31.3 Å². The van der Waals surface area contributed by atoms with Crippen LogP contribution in [-0.2, 0) is 4.74 Å². The second-order valence-corrected chi connectivity index (χ2v) is 3.31. The lowest BCUT2D eigenvalue weighted by molar-refractivity contribution is 0.192. The summed E-state index contributed by atoms with van der Waals surface area (Å²) in [5.74, 6) is 0.719. The molecular formula is C10H18N4O. The number of hydrogen-bond acceptors (Lipinski definition) is 5. The highest BCUT2D eigenvalue weighted by Crippen LogP contribution is 2.11. The molecule has 0 aromatic carbocycles. The van der Waals surface area contributed by atoms with Crippen LogP contribution in [0.5, 0.6) is 0 Å². The van der Waals surface area contributed by atoms with Gasteiger partial charge in [0.05, 0.1) is 11.9 Å². The van der Waals surface area contributed by atoms with Crippen LogP contribution in [0.4, 0.5) is 11.5 Å². The minimum atomic E-state index is 0.592. The summed E-state index contributed by atoms with van der Waals surface area (Å²) < 4.78 is 4.96. The topological polar surface area (TPSA) is 73.1 Å². The predicted molar refractivity (Wildman–Crippen MR) is 60.7 cm³/mol. The molecule has 3 N–H and O–H groups in total. The van der Waals surface area contributed by atoms with E-state index >= 15 is 0 Å². The van der Waals surface area contributed by atoms with Crippen molar-refractivity contribution >= 4 is 11.5 Å². The number of anilines is 2. The molecule has 15 heavy (non-hydrogen) atoms. The summed E-state index contributed by atoms with van der Waals surface area (Å²) in [6.07, 6.45) is 6.42. The van der Waals surface area contributed by atoms with Gasteiger partial charge in [0.25, 0.3) is 0 Å². The largest absolute Gasteiger partial charge is 0.394 e. The molecule has 1 aromatic rings. The quantitative estimate of drug-likeness (QED) is 0.663. The number of nitrogen functional groups attached to an aromatic ring is 1. The van der Waals surface area contributed by atoms with E-state index < -0.39 is 0 Å². The molecule has 84 valence electrons. The van der Waals surface area contributed by atoms with Gasteiger partial charge in [-0.1, -0.05) is 0 Å². The van der Waals surface area contributed by atoms with Gasteiger partial charge in [-0.3, -0.25) is 0 Å².